The van der Waals surface area contributed by atoms with E-state index in [1.807, 2.05) is 24.4 Å². The number of amides is 2. The van der Waals surface area contributed by atoms with E-state index < -0.39 is 0 Å². The lowest BCUT2D eigenvalue weighted by molar-refractivity contribution is -0.142. The summed E-state index contributed by atoms with van der Waals surface area (Å²) >= 11 is 20.2. The van der Waals surface area contributed by atoms with E-state index in [1.54, 1.807) is 52.6 Å². The van der Waals surface area contributed by atoms with E-state index in [0.717, 1.165) is 17.5 Å². The van der Waals surface area contributed by atoms with Gasteiger partial charge in [-0.05, 0) is 72.3 Å². The van der Waals surface area contributed by atoms with Crippen LogP contribution < -0.4 is 4.74 Å². The van der Waals surface area contributed by atoms with Crippen molar-refractivity contribution in [1.82, 2.24) is 9.80 Å². The molecular formula is C25H23Cl3N2O3S. The lowest BCUT2D eigenvalue weighted by Gasteiger charge is -2.38. The second-order valence-corrected chi connectivity index (χ2v) is 10.1. The molecule has 0 bridgehead atoms. The number of halogens is 3. The molecule has 0 saturated carbocycles. The monoisotopic (exact) mass is 536 g/mol. The standard InChI is InChI=1S/C25H23Cl3N2O3S/c1-2-29(24(32)15-33-18-6-3-16(26)4-7-18)14-23(31)30-11-9-22-20(10-12-34-22)25(30)19-8-5-17(27)13-21(19)28/h3-8,10,12-13,25H,2,9,11,14-15H2,1H3. The summed E-state index contributed by atoms with van der Waals surface area (Å²) in [6, 6.07) is 13.8. The molecule has 9 heteroatoms. The van der Waals surface area contributed by atoms with Gasteiger partial charge in [0.1, 0.15) is 5.75 Å². The van der Waals surface area contributed by atoms with Crippen molar-refractivity contribution in [3.8, 4) is 5.75 Å². The van der Waals surface area contributed by atoms with E-state index >= 15 is 0 Å². The highest BCUT2D eigenvalue weighted by atomic mass is 35.5. The van der Waals surface area contributed by atoms with Crippen molar-refractivity contribution in [2.75, 3.05) is 26.2 Å². The van der Waals surface area contributed by atoms with Crippen LogP contribution in [-0.2, 0) is 16.0 Å². The number of thiophene rings is 1. The summed E-state index contributed by atoms with van der Waals surface area (Å²) in [4.78, 5) is 30.8. The van der Waals surface area contributed by atoms with Crippen molar-refractivity contribution in [3.05, 3.63) is 85.0 Å². The van der Waals surface area contributed by atoms with Gasteiger partial charge in [0, 0.05) is 33.0 Å². The normalized spacial score (nSPS) is 15.1. The van der Waals surface area contributed by atoms with Crippen LogP contribution in [0.1, 0.15) is 29.0 Å². The van der Waals surface area contributed by atoms with E-state index in [9.17, 15) is 9.59 Å². The van der Waals surface area contributed by atoms with E-state index in [-0.39, 0.29) is 31.0 Å². The van der Waals surface area contributed by atoms with Crippen LogP contribution in [0.4, 0.5) is 0 Å². The van der Waals surface area contributed by atoms with E-state index in [0.29, 0.717) is 33.9 Å². The lowest BCUT2D eigenvalue weighted by atomic mass is 9.93. The average Bonchev–Trinajstić information content (AvgIpc) is 3.30. The molecule has 2 heterocycles. The van der Waals surface area contributed by atoms with Gasteiger partial charge in [0.15, 0.2) is 6.61 Å². The molecule has 0 fully saturated rings. The summed E-state index contributed by atoms with van der Waals surface area (Å²) in [5.74, 6) is 0.133. The van der Waals surface area contributed by atoms with Crippen molar-refractivity contribution >= 4 is 58.0 Å². The molecule has 34 heavy (non-hydrogen) atoms. The topological polar surface area (TPSA) is 49.9 Å². The van der Waals surface area contributed by atoms with Crippen LogP contribution in [-0.4, -0.2) is 47.9 Å². The summed E-state index contributed by atoms with van der Waals surface area (Å²) in [5, 5.41) is 3.67. The maximum atomic E-state index is 13.5. The molecule has 4 rings (SSSR count). The molecule has 0 spiro atoms. The fraction of sp³-hybridized carbons (Fsp3) is 0.280. The van der Waals surface area contributed by atoms with Crippen molar-refractivity contribution < 1.29 is 14.3 Å². The number of rotatable bonds is 7. The predicted molar refractivity (Wildman–Crippen MR) is 137 cm³/mol. The molecule has 1 aliphatic heterocycles. The molecule has 0 saturated heterocycles. The summed E-state index contributed by atoms with van der Waals surface area (Å²) < 4.78 is 5.58. The lowest BCUT2D eigenvalue weighted by Crippen LogP contribution is -2.47. The SMILES string of the molecule is CCN(CC(=O)N1CCc2sccc2C1c1ccc(Cl)cc1Cl)C(=O)COc1ccc(Cl)cc1. The number of likely N-dealkylation sites (N-methyl/N-ethyl adjacent to an activating group) is 1. The van der Waals surface area contributed by atoms with Crippen molar-refractivity contribution in [2.45, 2.75) is 19.4 Å². The van der Waals surface area contributed by atoms with Gasteiger partial charge in [-0.15, -0.1) is 11.3 Å². The minimum atomic E-state index is -0.327. The highest BCUT2D eigenvalue weighted by Gasteiger charge is 2.35. The van der Waals surface area contributed by atoms with Crippen LogP contribution >= 0.6 is 46.1 Å². The maximum Gasteiger partial charge on any atom is 0.260 e. The van der Waals surface area contributed by atoms with Crippen LogP contribution in [0.25, 0.3) is 0 Å². The first-order valence-electron chi connectivity index (χ1n) is 10.8. The molecule has 1 unspecified atom stereocenters. The van der Waals surface area contributed by atoms with Crippen LogP contribution in [0.15, 0.2) is 53.9 Å². The molecule has 1 aliphatic rings. The van der Waals surface area contributed by atoms with Crippen molar-refractivity contribution in [3.63, 3.8) is 0 Å². The molecule has 1 atom stereocenters. The van der Waals surface area contributed by atoms with Crippen molar-refractivity contribution in [1.29, 1.82) is 0 Å². The molecular weight excluding hydrogens is 515 g/mol. The molecule has 2 amide bonds. The zero-order chi connectivity index (χ0) is 24.2. The smallest absolute Gasteiger partial charge is 0.260 e. The third-order valence-electron chi connectivity index (χ3n) is 5.78. The molecule has 0 aliphatic carbocycles. The van der Waals surface area contributed by atoms with E-state index in [2.05, 4.69) is 0 Å². The van der Waals surface area contributed by atoms with Crippen LogP contribution in [0.5, 0.6) is 5.75 Å². The Bertz CT molecular complexity index is 1180. The van der Waals surface area contributed by atoms with Gasteiger partial charge in [-0.2, -0.15) is 0 Å². The zero-order valence-corrected chi connectivity index (χ0v) is 21.6. The molecule has 3 aromatic rings. The Kier molecular flexibility index (Phi) is 8.04. The summed E-state index contributed by atoms with van der Waals surface area (Å²) in [6.45, 7) is 2.57. The number of benzene rings is 2. The number of nitrogens with zero attached hydrogens (tertiary/aromatic N) is 2. The highest BCUT2D eigenvalue weighted by molar-refractivity contribution is 7.10. The Morgan fingerprint density at radius 1 is 1.06 bits per heavy atom. The van der Waals surface area contributed by atoms with E-state index in [4.69, 9.17) is 39.5 Å². The Labute approximate surface area is 217 Å². The average molecular weight is 538 g/mol. The first-order valence-corrected chi connectivity index (χ1v) is 12.9. The molecule has 0 N–H and O–H groups in total. The van der Waals surface area contributed by atoms with Gasteiger partial charge >= 0.3 is 0 Å². The molecule has 178 valence electrons. The fourth-order valence-electron chi connectivity index (χ4n) is 4.04. The number of hydrogen-bond donors (Lipinski definition) is 0. The molecule has 1 aromatic heterocycles. The second kappa shape index (κ2) is 11.0. The Balaban J connectivity index is 1.50. The van der Waals surface area contributed by atoms with Gasteiger partial charge in [0.05, 0.1) is 12.6 Å². The van der Waals surface area contributed by atoms with Gasteiger partial charge in [-0.1, -0.05) is 40.9 Å². The summed E-state index contributed by atoms with van der Waals surface area (Å²) in [6.07, 6.45) is 0.764. The van der Waals surface area contributed by atoms with Gasteiger partial charge in [-0.25, -0.2) is 0 Å². The van der Waals surface area contributed by atoms with Crippen LogP contribution in [0.2, 0.25) is 15.1 Å². The largest absolute Gasteiger partial charge is 0.484 e. The third kappa shape index (κ3) is 5.52. The zero-order valence-electron chi connectivity index (χ0n) is 18.5. The van der Waals surface area contributed by atoms with Gasteiger partial charge in [0.2, 0.25) is 5.91 Å². The first-order chi connectivity index (χ1) is 16.4. The maximum absolute atomic E-state index is 13.5. The minimum absolute atomic E-state index is 0.0412. The van der Waals surface area contributed by atoms with Crippen LogP contribution in [0.3, 0.4) is 0 Å². The Hall–Kier alpha value is -2.25. The number of hydrogen-bond acceptors (Lipinski definition) is 4. The first kappa shape index (κ1) is 24.9. The Morgan fingerprint density at radius 3 is 2.50 bits per heavy atom. The highest BCUT2D eigenvalue weighted by Crippen LogP contribution is 2.41. The second-order valence-electron chi connectivity index (χ2n) is 7.86. The molecule has 0 radical (unpaired) electrons. The third-order valence-corrected chi connectivity index (χ3v) is 7.59. The quantitative estimate of drug-likeness (QED) is 0.365. The number of carbonyl (C=O) groups excluding carboxylic acids is 2. The van der Waals surface area contributed by atoms with Gasteiger partial charge in [0.25, 0.3) is 5.91 Å². The predicted octanol–water partition coefficient (Wildman–Crippen LogP) is 6.11. The van der Waals surface area contributed by atoms with Gasteiger partial charge < -0.3 is 14.5 Å². The van der Waals surface area contributed by atoms with Crippen molar-refractivity contribution in [2.24, 2.45) is 0 Å². The minimum Gasteiger partial charge on any atom is -0.484 e. The van der Waals surface area contributed by atoms with Crippen LogP contribution in [0, 0.1) is 0 Å². The number of ether oxygens (including phenoxy) is 1. The van der Waals surface area contributed by atoms with Gasteiger partial charge in [-0.3, -0.25) is 9.59 Å². The number of carbonyl (C=O) groups is 2. The van der Waals surface area contributed by atoms with E-state index in [1.165, 1.54) is 9.78 Å². The summed E-state index contributed by atoms with van der Waals surface area (Å²) in [7, 11) is 0. The summed E-state index contributed by atoms with van der Waals surface area (Å²) in [5.41, 5.74) is 1.88. The Morgan fingerprint density at radius 2 is 1.79 bits per heavy atom. The molecule has 5 nitrogen and oxygen atoms in total. The fourth-order valence-corrected chi connectivity index (χ4v) is 5.58. The number of fused-ring (bicyclic) bond motifs is 1. The molecule has 2 aromatic carbocycles.